The topological polar surface area (TPSA) is 67.1 Å². The highest BCUT2D eigenvalue weighted by Gasteiger charge is 2.11. The molecule has 1 fully saturated rings. The molecular formula is C14H18FN5. The van der Waals surface area contributed by atoms with E-state index in [-0.39, 0.29) is 5.82 Å². The number of nitrogens with two attached hydrogens (primary N) is 1. The summed E-state index contributed by atoms with van der Waals surface area (Å²) in [6.07, 6.45) is 3.56. The number of halogens is 1. The van der Waals surface area contributed by atoms with E-state index in [9.17, 15) is 4.39 Å². The molecular weight excluding hydrogens is 257 g/mol. The molecule has 0 radical (unpaired) electrons. The van der Waals surface area contributed by atoms with Crippen molar-refractivity contribution in [3.8, 4) is 0 Å². The van der Waals surface area contributed by atoms with Gasteiger partial charge in [0.25, 0.3) is 0 Å². The maximum Gasteiger partial charge on any atom is 0.225 e. The molecule has 0 bridgehead atoms. The van der Waals surface area contributed by atoms with E-state index in [2.05, 4.69) is 20.2 Å². The van der Waals surface area contributed by atoms with Crippen molar-refractivity contribution >= 4 is 11.6 Å². The highest BCUT2D eigenvalue weighted by molar-refractivity contribution is 5.36. The Morgan fingerprint density at radius 1 is 1.05 bits per heavy atom. The summed E-state index contributed by atoms with van der Waals surface area (Å²) in [7, 11) is 0. The van der Waals surface area contributed by atoms with Gasteiger partial charge in [-0.15, -0.1) is 0 Å². The smallest absolute Gasteiger partial charge is 0.225 e. The van der Waals surface area contributed by atoms with E-state index in [1.54, 1.807) is 12.4 Å². The van der Waals surface area contributed by atoms with Crippen LogP contribution in [0, 0.1) is 5.82 Å². The summed E-state index contributed by atoms with van der Waals surface area (Å²) in [6.45, 7) is 4.06. The minimum atomic E-state index is -0.251. The molecule has 3 N–H and O–H groups in total. The second-order valence-electron chi connectivity index (χ2n) is 4.34. The van der Waals surface area contributed by atoms with Gasteiger partial charge in [-0.1, -0.05) is 0 Å². The Balaban J connectivity index is 0.000000160. The summed E-state index contributed by atoms with van der Waals surface area (Å²) in [4.78, 5) is 10.6. The van der Waals surface area contributed by atoms with Crippen LogP contribution < -0.4 is 16.0 Å². The molecule has 0 amide bonds. The standard InChI is InChI=1S/C8H12N4.C6H6FN/c1-2-10-8(11-3-1)12-6-4-9-5-7-12;7-5-1-3-6(8)4-2-5/h1-3,9H,4-7H2;1-4H,8H2. The predicted molar refractivity (Wildman–Crippen MR) is 77.9 cm³/mol. The van der Waals surface area contributed by atoms with Crippen LogP contribution in [-0.4, -0.2) is 36.1 Å². The van der Waals surface area contributed by atoms with Gasteiger partial charge >= 0.3 is 0 Å². The van der Waals surface area contributed by atoms with Crippen LogP contribution in [0.4, 0.5) is 16.0 Å². The molecule has 0 atom stereocenters. The number of hydrogen-bond acceptors (Lipinski definition) is 5. The van der Waals surface area contributed by atoms with Crippen molar-refractivity contribution in [2.45, 2.75) is 0 Å². The maximum atomic E-state index is 12.0. The van der Waals surface area contributed by atoms with Gasteiger partial charge in [0.1, 0.15) is 5.82 Å². The second kappa shape index (κ2) is 7.40. The number of hydrogen-bond donors (Lipinski definition) is 2. The molecule has 5 nitrogen and oxygen atoms in total. The third kappa shape index (κ3) is 4.47. The molecule has 6 heteroatoms. The van der Waals surface area contributed by atoms with Crippen molar-refractivity contribution < 1.29 is 4.39 Å². The maximum absolute atomic E-state index is 12.0. The van der Waals surface area contributed by atoms with Gasteiger partial charge in [-0.05, 0) is 30.3 Å². The number of nitrogens with zero attached hydrogens (tertiary/aromatic N) is 3. The van der Waals surface area contributed by atoms with E-state index in [1.807, 2.05) is 6.07 Å². The normalized spacial score (nSPS) is 14.3. The monoisotopic (exact) mass is 275 g/mol. The molecule has 3 rings (SSSR count). The Morgan fingerprint density at radius 3 is 2.20 bits per heavy atom. The van der Waals surface area contributed by atoms with Gasteiger partial charge in [0.15, 0.2) is 0 Å². The van der Waals surface area contributed by atoms with Crippen molar-refractivity contribution in [1.82, 2.24) is 15.3 Å². The lowest BCUT2D eigenvalue weighted by Crippen LogP contribution is -2.44. The molecule has 1 saturated heterocycles. The van der Waals surface area contributed by atoms with Crippen molar-refractivity contribution in [3.63, 3.8) is 0 Å². The fraction of sp³-hybridized carbons (Fsp3) is 0.286. The minimum Gasteiger partial charge on any atom is -0.399 e. The number of anilines is 2. The lowest BCUT2D eigenvalue weighted by molar-refractivity contribution is 0.580. The van der Waals surface area contributed by atoms with Crippen LogP contribution in [0.3, 0.4) is 0 Å². The van der Waals surface area contributed by atoms with Crippen LogP contribution in [0.2, 0.25) is 0 Å². The Hall–Kier alpha value is -2.21. The van der Waals surface area contributed by atoms with E-state index in [0.29, 0.717) is 5.69 Å². The first-order valence-electron chi connectivity index (χ1n) is 6.49. The lowest BCUT2D eigenvalue weighted by Gasteiger charge is -2.26. The quantitative estimate of drug-likeness (QED) is 0.768. The average molecular weight is 275 g/mol. The van der Waals surface area contributed by atoms with Crippen LogP contribution in [0.5, 0.6) is 0 Å². The van der Waals surface area contributed by atoms with Crippen LogP contribution in [0.1, 0.15) is 0 Å². The zero-order valence-electron chi connectivity index (χ0n) is 11.2. The predicted octanol–water partition coefficient (Wildman–Crippen LogP) is 1.29. The summed E-state index contributed by atoms with van der Waals surface area (Å²) in [6, 6.07) is 7.54. The average Bonchev–Trinajstić information content (AvgIpc) is 2.53. The third-order valence-corrected chi connectivity index (χ3v) is 2.82. The van der Waals surface area contributed by atoms with E-state index in [4.69, 9.17) is 5.73 Å². The first-order chi connectivity index (χ1) is 9.75. The van der Waals surface area contributed by atoms with E-state index < -0.39 is 0 Å². The Bertz CT molecular complexity index is 476. The lowest BCUT2D eigenvalue weighted by atomic mass is 10.3. The first kappa shape index (κ1) is 14.2. The van der Waals surface area contributed by atoms with Crippen LogP contribution in [-0.2, 0) is 0 Å². The third-order valence-electron chi connectivity index (χ3n) is 2.82. The van der Waals surface area contributed by atoms with E-state index in [1.165, 1.54) is 24.3 Å². The number of nitrogen functional groups attached to an aromatic ring is 1. The number of rotatable bonds is 1. The molecule has 2 heterocycles. The second-order valence-corrected chi connectivity index (χ2v) is 4.34. The van der Waals surface area contributed by atoms with Crippen molar-refractivity contribution in [2.24, 2.45) is 0 Å². The molecule has 1 aliphatic rings. The van der Waals surface area contributed by atoms with E-state index >= 15 is 0 Å². The number of aromatic nitrogens is 2. The molecule has 0 saturated carbocycles. The summed E-state index contributed by atoms with van der Waals surface area (Å²) < 4.78 is 12.0. The molecule has 0 spiro atoms. The van der Waals surface area contributed by atoms with Crippen molar-refractivity contribution in [2.75, 3.05) is 36.8 Å². The van der Waals surface area contributed by atoms with Crippen LogP contribution in [0.25, 0.3) is 0 Å². The Labute approximate surface area is 117 Å². The fourth-order valence-corrected chi connectivity index (χ4v) is 1.78. The highest BCUT2D eigenvalue weighted by Crippen LogP contribution is 2.04. The van der Waals surface area contributed by atoms with E-state index in [0.717, 1.165) is 32.1 Å². The zero-order valence-corrected chi connectivity index (χ0v) is 11.2. The molecule has 2 aromatic rings. The van der Waals surface area contributed by atoms with Gasteiger partial charge in [-0.25, -0.2) is 14.4 Å². The minimum absolute atomic E-state index is 0.251. The molecule has 0 aliphatic carbocycles. The van der Waals surface area contributed by atoms with Gasteiger partial charge < -0.3 is 16.0 Å². The summed E-state index contributed by atoms with van der Waals surface area (Å²) >= 11 is 0. The highest BCUT2D eigenvalue weighted by atomic mass is 19.1. The summed E-state index contributed by atoms with van der Waals surface area (Å²) in [5.74, 6) is 0.596. The fourth-order valence-electron chi connectivity index (χ4n) is 1.78. The molecule has 0 unspecified atom stereocenters. The van der Waals surface area contributed by atoms with Crippen molar-refractivity contribution in [3.05, 3.63) is 48.5 Å². The largest absolute Gasteiger partial charge is 0.399 e. The summed E-state index contributed by atoms with van der Waals surface area (Å²) in [5, 5.41) is 3.29. The van der Waals surface area contributed by atoms with Gasteiger partial charge in [0, 0.05) is 44.3 Å². The van der Waals surface area contributed by atoms with Gasteiger partial charge in [0.2, 0.25) is 5.95 Å². The SMILES string of the molecule is Nc1ccc(F)cc1.c1cnc(N2CCNCC2)nc1. The Morgan fingerprint density at radius 2 is 1.65 bits per heavy atom. The molecule has 106 valence electrons. The van der Waals surface area contributed by atoms with Gasteiger partial charge in [-0.2, -0.15) is 0 Å². The van der Waals surface area contributed by atoms with Crippen LogP contribution in [0.15, 0.2) is 42.7 Å². The summed E-state index contributed by atoms with van der Waals surface area (Å²) in [5.41, 5.74) is 5.85. The molecule has 1 aromatic heterocycles. The van der Waals surface area contributed by atoms with Crippen molar-refractivity contribution in [1.29, 1.82) is 0 Å². The van der Waals surface area contributed by atoms with Gasteiger partial charge in [0.05, 0.1) is 0 Å². The number of piperazine rings is 1. The van der Waals surface area contributed by atoms with Gasteiger partial charge in [-0.3, -0.25) is 0 Å². The van der Waals surface area contributed by atoms with Crippen LogP contribution >= 0.6 is 0 Å². The molecule has 1 aliphatic heterocycles. The molecule has 20 heavy (non-hydrogen) atoms. The number of benzene rings is 1. The number of nitrogens with one attached hydrogen (secondary N) is 1. The first-order valence-corrected chi connectivity index (χ1v) is 6.49. The Kier molecular flexibility index (Phi) is 5.25. The zero-order chi connectivity index (χ0) is 14.2. The molecule has 1 aromatic carbocycles.